The Morgan fingerprint density at radius 1 is 1.12 bits per heavy atom. The highest BCUT2D eigenvalue weighted by atomic mass is 35.5. The Morgan fingerprint density at radius 2 is 1.82 bits per heavy atom. The monoisotopic (exact) mass is 487 g/mol. The molecule has 9 heteroatoms. The van der Waals surface area contributed by atoms with E-state index in [2.05, 4.69) is 20.6 Å². The average molecular weight is 488 g/mol. The molecule has 5 N–H and O–H groups in total. The number of nitrogens with one attached hydrogen (secondary N) is 2. The molecular formula is C24H27Cl2N5O2. The summed E-state index contributed by atoms with van der Waals surface area (Å²) in [4.78, 5) is 20.4. The van der Waals surface area contributed by atoms with E-state index in [1.165, 1.54) is 0 Å². The van der Waals surface area contributed by atoms with Crippen LogP contribution in [-0.2, 0) is 17.9 Å². The number of aromatic nitrogens is 2. The summed E-state index contributed by atoms with van der Waals surface area (Å²) in [7, 11) is 0. The molecule has 1 heterocycles. The van der Waals surface area contributed by atoms with E-state index in [4.69, 9.17) is 28.9 Å². The van der Waals surface area contributed by atoms with Crippen LogP contribution in [0.5, 0.6) is 0 Å². The molecular weight excluding hydrogens is 461 g/mol. The normalized spacial score (nSPS) is 12.0. The maximum atomic E-state index is 11.5. The number of carboxylic acids is 1. The number of benzene rings is 2. The van der Waals surface area contributed by atoms with Gasteiger partial charge < -0.3 is 21.5 Å². The lowest BCUT2D eigenvalue weighted by Gasteiger charge is -2.17. The van der Waals surface area contributed by atoms with Gasteiger partial charge in [-0.25, -0.2) is 9.97 Å². The minimum Gasteiger partial charge on any atom is -0.480 e. The predicted octanol–water partition coefficient (Wildman–Crippen LogP) is 5.23. The molecule has 0 spiro atoms. The van der Waals surface area contributed by atoms with Crippen molar-refractivity contribution in [2.24, 2.45) is 5.92 Å². The zero-order valence-corrected chi connectivity index (χ0v) is 20.0. The topological polar surface area (TPSA) is 113 Å². The first kappa shape index (κ1) is 24.8. The predicted molar refractivity (Wildman–Crippen MR) is 133 cm³/mol. The van der Waals surface area contributed by atoms with Crippen molar-refractivity contribution in [3.05, 3.63) is 69.8 Å². The number of hydrogen-bond donors (Lipinski definition) is 4. The van der Waals surface area contributed by atoms with Crippen LogP contribution in [0.4, 0.5) is 11.6 Å². The third-order valence-corrected chi connectivity index (χ3v) is 5.78. The van der Waals surface area contributed by atoms with Crippen LogP contribution in [-0.4, -0.2) is 27.1 Å². The summed E-state index contributed by atoms with van der Waals surface area (Å²) >= 11 is 12.5. The summed E-state index contributed by atoms with van der Waals surface area (Å²) in [6.45, 7) is 4.78. The number of nitrogens with zero attached hydrogens (tertiary/aromatic N) is 2. The van der Waals surface area contributed by atoms with E-state index < -0.39 is 12.0 Å². The molecule has 7 nitrogen and oxygen atoms in total. The van der Waals surface area contributed by atoms with Crippen molar-refractivity contribution in [3.63, 3.8) is 0 Å². The van der Waals surface area contributed by atoms with Gasteiger partial charge in [-0.3, -0.25) is 4.79 Å². The van der Waals surface area contributed by atoms with Gasteiger partial charge in [0.15, 0.2) is 11.6 Å². The van der Waals surface area contributed by atoms with Gasteiger partial charge in [0, 0.05) is 34.3 Å². The van der Waals surface area contributed by atoms with Gasteiger partial charge in [0.25, 0.3) is 0 Å². The molecule has 1 aromatic heterocycles. The van der Waals surface area contributed by atoms with Crippen molar-refractivity contribution in [1.29, 1.82) is 0 Å². The second-order valence-electron chi connectivity index (χ2n) is 8.14. The van der Waals surface area contributed by atoms with Gasteiger partial charge in [-0.2, -0.15) is 0 Å². The Labute approximate surface area is 203 Å². The largest absolute Gasteiger partial charge is 0.480 e. The van der Waals surface area contributed by atoms with E-state index in [1.807, 2.05) is 38.1 Å². The summed E-state index contributed by atoms with van der Waals surface area (Å²) < 4.78 is 0. The molecule has 0 amide bonds. The lowest BCUT2D eigenvalue weighted by Crippen LogP contribution is -2.37. The van der Waals surface area contributed by atoms with E-state index in [1.54, 1.807) is 24.4 Å². The number of nitrogens with two attached hydrogens (primary N) is 1. The molecule has 0 aliphatic carbocycles. The zero-order chi connectivity index (χ0) is 24.0. The first-order valence-electron chi connectivity index (χ1n) is 10.6. The molecule has 0 saturated heterocycles. The van der Waals surface area contributed by atoms with Gasteiger partial charge in [0.1, 0.15) is 6.04 Å². The number of carbonyl (C=O) groups is 1. The Balaban J connectivity index is 1.75. The second-order valence-corrected chi connectivity index (χ2v) is 8.96. The van der Waals surface area contributed by atoms with E-state index in [9.17, 15) is 9.90 Å². The molecule has 1 atom stereocenters. The van der Waals surface area contributed by atoms with Gasteiger partial charge in [-0.15, -0.1) is 0 Å². The Hall–Kier alpha value is -2.87. The molecule has 0 bridgehead atoms. The average Bonchev–Trinajstić information content (AvgIpc) is 2.77. The zero-order valence-electron chi connectivity index (χ0n) is 18.5. The van der Waals surface area contributed by atoms with Crippen LogP contribution >= 0.6 is 23.2 Å². The molecule has 174 valence electrons. The highest BCUT2D eigenvalue weighted by Gasteiger charge is 2.18. The molecule has 0 unspecified atom stereocenters. The summed E-state index contributed by atoms with van der Waals surface area (Å²) in [5, 5.41) is 16.8. The van der Waals surface area contributed by atoms with Gasteiger partial charge in [0.05, 0.1) is 11.9 Å². The van der Waals surface area contributed by atoms with Crippen LogP contribution in [0.2, 0.25) is 10.0 Å². The van der Waals surface area contributed by atoms with Gasteiger partial charge in [0.2, 0.25) is 0 Å². The van der Waals surface area contributed by atoms with Crippen molar-refractivity contribution in [2.75, 3.05) is 11.1 Å². The van der Waals surface area contributed by atoms with Crippen LogP contribution in [0, 0.1) is 5.92 Å². The lowest BCUT2D eigenvalue weighted by molar-refractivity contribution is -0.140. The Bertz CT molecular complexity index is 1100. The van der Waals surface area contributed by atoms with Crippen molar-refractivity contribution < 1.29 is 9.90 Å². The fourth-order valence-corrected chi connectivity index (χ4v) is 3.90. The number of aliphatic carboxylic acids is 1. The van der Waals surface area contributed by atoms with E-state index in [-0.39, 0.29) is 11.7 Å². The molecule has 33 heavy (non-hydrogen) atoms. The Kier molecular flexibility index (Phi) is 8.49. The number of carboxylic acid groups (broad SMARTS) is 1. The highest BCUT2D eigenvalue weighted by molar-refractivity contribution is 6.36. The third kappa shape index (κ3) is 6.81. The van der Waals surface area contributed by atoms with Crippen LogP contribution in [0.1, 0.15) is 31.4 Å². The summed E-state index contributed by atoms with van der Waals surface area (Å²) in [6.07, 6.45) is 2.16. The molecule has 3 aromatic rings. The maximum Gasteiger partial charge on any atom is 0.320 e. The van der Waals surface area contributed by atoms with Crippen LogP contribution in [0.25, 0.3) is 11.3 Å². The van der Waals surface area contributed by atoms with E-state index in [0.717, 1.165) is 16.7 Å². The number of anilines is 2. The van der Waals surface area contributed by atoms with Crippen molar-refractivity contribution in [1.82, 2.24) is 15.3 Å². The Morgan fingerprint density at radius 3 is 2.48 bits per heavy atom. The smallest absolute Gasteiger partial charge is 0.320 e. The quantitative estimate of drug-likeness (QED) is 0.309. The van der Waals surface area contributed by atoms with Crippen LogP contribution in [0.15, 0.2) is 48.7 Å². The standard InChI is InChI=1S/C24H27Cl2N5O2/c1-14(2)9-20(24(32)33)28-11-15-5-3-6-16(10-15)21-13-29-22(27)23(31-21)30-12-17-18(25)7-4-8-19(17)26/h3-8,10,13-14,20,28H,9,11-12H2,1-2H3,(H2,27,29)(H,30,31)(H,32,33)/t20-/m0/s1. The third-order valence-electron chi connectivity index (χ3n) is 5.08. The molecule has 0 aliphatic rings. The van der Waals surface area contributed by atoms with Crippen molar-refractivity contribution >= 4 is 40.8 Å². The molecule has 3 rings (SSSR count). The van der Waals surface area contributed by atoms with Gasteiger partial charge >= 0.3 is 5.97 Å². The van der Waals surface area contributed by atoms with E-state index >= 15 is 0 Å². The second kappa shape index (κ2) is 11.3. The SMILES string of the molecule is CC(C)C[C@H](NCc1cccc(-c2cnc(N)c(NCc3c(Cl)cccc3Cl)n2)c1)C(=O)O. The molecule has 0 fully saturated rings. The summed E-state index contributed by atoms with van der Waals surface area (Å²) in [6, 6.07) is 12.4. The number of hydrogen-bond acceptors (Lipinski definition) is 6. The highest BCUT2D eigenvalue weighted by Crippen LogP contribution is 2.27. The maximum absolute atomic E-state index is 11.5. The fourth-order valence-electron chi connectivity index (χ4n) is 3.37. The molecule has 0 aliphatic heterocycles. The summed E-state index contributed by atoms with van der Waals surface area (Å²) in [5.74, 6) is 0.118. The fraction of sp³-hybridized carbons (Fsp3) is 0.292. The minimum absolute atomic E-state index is 0.262. The number of nitrogen functional groups attached to an aromatic ring is 1. The minimum atomic E-state index is -0.849. The van der Waals surface area contributed by atoms with Gasteiger partial charge in [-0.05, 0) is 36.1 Å². The number of halogens is 2. The summed E-state index contributed by atoms with van der Waals surface area (Å²) in [5.41, 5.74) is 9.19. The molecule has 0 saturated carbocycles. The van der Waals surface area contributed by atoms with Crippen molar-refractivity contribution in [3.8, 4) is 11.3 Å². The first-order chi connectivity index (χ1) is 15.7. The molecule has 0 radical (unpaired) electrons. The first-order valence-corrected chi connectivity index (χ1v) is 11.3. The van der Waals surface area contributed by atoms with Crippen LogP contribution in [0.3, 0.4) is 0 Å². The molecule has 2 aromatic carbocycles. The lowest BCUT2D eigenvalue weighted by atomic mass is 10.0. The van der Waals surface area contributed by atoms with Crippen LogP contribution < -0.4 is 16.4 Å². The van der Waals surface area contributed by atoms with E-state index in [0.29, 0.717) is 41.1 Å². The van der Waals surface area contributed by atoms with Crippen molar-refractivity contribution in [2.45, 2.75) is 39.4 Å². The van der Waals surface area contributed by atoms with Gasteiger partial charge in [-0.1, -0.05) is 61.3 Å². The number of rotatable bonds is 10.